The predicted molar refractivity (Wildman–Crippen MR) is 125 cm³/mol. The number of aromatic carboxylic acids is 1. The van der Waals surface area contributed by atoms with Crippen LogP contribution < -0.4 is 5.56 Å². The summed E-state index contributed by atoms with van der Waals surface area (Å²) in [6.45, 7) is 2.52. The number of halogens is 1. The van der Waals surface area contributed by atoms with E-state index in [9.17, 15) is 23.1 Å². The molecule has 0 saturated heterocycles. The minimum absolute atomic E-state index is 0.0633. The second-order valence-electron chi connectivity index (χ2n) is 8.57. The van der Waals surface area contributed by atoms with Crippen LogP contribution in [0.5, 0.6) is 0 Å². The Morgan fingerprint density at radius 3 is 2.65 bits per heavy atom. The molecule has 1 N–H and O–H groups in total. The lowest BCUT2D eigenvalue weighted by Crippen LogP contribution is -2.31. The molecule has 1 unspecified atom stereocenters. The molecule has 0 amide bonds. The third kappa shape index (κ3) is 3.48. The number of nitrogens with zero attached hydrogens (tertiary/aromatic N) is 3. The monoisotopic (exact) mass is 503 g/mol. The van der Waals surface area contributed by atoms with Gasteiger partial charge in [0.25, 0.3) is 5.56 Å². The molecular formula is C23H22ClN3O6S. The Bertz CT molecular complexity index is 1500. The lowest BCUT2D eigenvalue weighted by atomic mass is 9.97. The van der Waals surface area contributed by atoms with E-state index in [1.807, 2.05) is 0 Å². The van der Waals surface area contributed by atoms with Crippen molar-refractivity contribution in [2.24, 2.45) is 0 Å². The number of hydrogen-bond donors (Lipinski definition) is 1. The van der Waals surface area contributed by atoms with Gasteiger partial charge in [0.05, 0.1) is 35.2 Å². The highest BCUT2D eigenvalue weighted by molar-refractivity contribution is 7.92. The Morgan fingerprint density at radius 2 is 2.00 bits per heavy atom. The number of carbonyl (C=O) groups is 1. The topological polar surface area (TPSA) is 120 Å². The molecule has 2 aromatic heterocycles. The van der Waals surface area contributed by atoms with Gasteiger partial charge in [0.15, 0.2) is 9.84 Å². The van der Waals surface area contributed by atoms with Crippen molar-refractivity contribution in [2.75, 3.05) is 13.7 Å². The van der Waals surface area contributed by atoms with Crippen LogP contribution in [0.25, 0.3) is 22.4 Å². The Balaban J connectivity index is 1.76. The zero-order valence-electron chi connectivity index (χ0n) is 18.5. The molecule has 3 heterocycles. The Labute approximate surface area is 200 Å². The minimum atomic E-state index is -3.88. The van der Waals surface area contributed by atoms with Crippen molar-refractivity contribution in [1.82, 2.24) is 14.3 Å². The summed E-state index contributed by atoms with van der Waals surface area (Å²) in [6.07, 6.45) is 4.81. The van der Waals surface area contributed by atoms with Crippen molar-refractivity contribution in [3.63, 3.8) is 0 Å². The van der Waals surface area contributed by atoms with Crippen molar-refractivity contribution >= 4 is 27.4 Å². The second-order valence-corrected chi connectivity index (χ2v) is 11.2. The van der Waals surface area contributed by atoms with E-state index < -0.39 is 32.2 Å². The summed E-state index contributed by atoms with van der Waals surface area (Å²) in [6, 6.07) is 4.11. The Hall–Kier alpha value is -2.95. The molecule has 178 valence electrons. The number of carboxylic acid groups (broad SMARTS) is 1. The van der Waals surface area contributed by atoms with E-state index in [-0.39, 0.29) is 10.9 Å². The van der Waals surface area contributed by atoms with E-state index in [1.54, 1.807) is 30.3 Å². The number of methoxy groups -OCH3 is 1. The van der Waals surface area contributed by atoms with Crippen LogP contribution in [0.4, 0.5) is 0 Å². The number of rotatable bonds is 6. The van der Waals surface area contributed by atoms with Crippen LogP contribution in [0.1, 0.15) is 47.0 Å². The second kappa shape index (κ2) is 8.07. The van der Waals surface area contributed by atoms with E-state index >= 15 is 0 Å². The van der Waals surface area contributed by atoms with Gasteiger partial charge < -0.3 is 14.4 Å². The van der Waals surface area contributed by atoms with Crippen molar-refractivity contribution < 1.29 is 23.1 Å². The summed E-state index contributed by atoms with van der Waals surface area (Å²) in [7, 11) is -2.29. The SMILES string of the molecule is COCCn1cc(-c2cc3c(cc2Cl)-c2c(cc(C(=O)O)c(=O)n2C2CC2)C(C)S3(=O)=O)cn1. The lowest BCUT2D eigenvalue weighted by Gasteiger charge is -2.29. The molecule has 3 aromatic rings. The van der Waals surface area contributed by atoms with Gasteiger partial charge in [0.2, 0.25) is 0 Å². The fourth-order valence-electron chi connectivity index (χ4n) is 4.45. The summed E-state index contributed by atoms with van der Waals surface area (Å²) in [5.41, 5.74) is 1.14. The number of ether oxygens (including phenoxy) is 1. The summed E-state index contributed by atoms with van der Waals surface area (Å²) in [5.74, 6) is -1.38. The van der Waals surface area contributed by atoms with Gasteiger partial charge in [-0.25, -0.2) is 13.2 Å². The highest BCUT2D eigenvalue weighted by Gasteiger charge is 2.41. The maximum Gasteiger partial charge on any atom is 0.341 e. The zero-order valence-corrected chi connectivity index (χ0v) is 20.1. The maximum absolute atomic E-state index is 13.6. The van der Waals surface area contributed by atoms with Crippen LogP contribution >= 0.6 is 11.6 Å². The molecule has 5 rings (SSSR count). The third-order valence-electron chi connectivity index (χ3n) is 6.41. The van der Waals surface area contributed by atoms with E-state index in [1.165, 1.54) is 23.6 Å². The van der Waals surface area contributed by atoms with Gasteiger partial charge in [-0.15, -0.1) is 0 Å². The van der Waals surface area contributed by atoms with Gasteiger partial charge >= 0.3 is 5.97 Å². The summed E-state index contributed by atoms with van der Waals surface area (Å²) in [4.78, 5) is 24.9. The third-order valence-corrected chi connectivity index (χ3v) is 8.86. The van der Waals surface area contributed by atoms with Gasteiger partial charge in [0, 0.05) is 41.1 Å². The molecule has 1 aliphatic carbocycles. The Morgan fingerprint density at radius 1 is 1.26 bits per heavy atom. The molecule has 0 radical (unpaired) electrons. The Kier molecular flexibility index (Phi) is 5.42. The number of benzene rings is 1. The molecule has 2 aliphatic rings. The van der Waals surface area contributed by atoms with Gasteiger partial charge in [-0.1, -0.05) is 11.6 Å². The van der Waals surface area contributed by atoms with Crippen LogP contribution in [0.15, 0.2) is 40.3 Å². The first-order chi connectivity index (χ1) is 16.1. The van der Waals surface area contributed by atoms with Crippen LogP contribution in [0, 0.1) is 0 Å². The number of sulfone groups is 1. The first kappa shape index (κ1) is 22.8. The van der Waals surface area contributed by atoms with Crippen LogP contribution in [0.3, 0.4) is 0 Å². The van der Waals surface area contributed by atoms with E-state index in [4.69, 9.17) is 16.3 Å². The lowest BCUT2D eigenvalue weighted by molar-refractivity contribution is 0.0694. The molecule has 0 spiro atoms. The molecule has 1 aromatic carbocycles. The quantitative estimate of drug-likeness (QED) is 0.546. The number of carboxylic acids is 1. The van der Waals surface area contributed by atoms with Crippen molar-refractivity contribution in [3.8, 4) is 22.4 Å². The minimum Gasteiger partial charge on any atom is -0.477 e. The summed E-state index contributed by atoms with van der Waals surface area (Å²) < 4.78 is 35.3. The summed E-state index contributed by atoms with van der Waals surface area (Å²) in [5, 5.41) is 13.1. The molecule has 1 saturated carbocycles. The van der Waals surface area contributed by atoms with E-state index in [0.717, 1.165) is 12.8 Å². The van der Waals surface area contributed by atoms with Crippen molar-refractivity contribution in [1.29, 1.82) is 0 Å². The first-order valence-electron chi connectivity index (χ1n) is 10.8. The normalized spacial score (nSPS) is 18.4. The standard InChI is InChI=1S/C23H22ClN3O6S/c1-12-15-7-18(23(29)30)22(28)27(14-3-4-14)21(15)17-8-19(24)16(9-20(17)34(12,31)32)13-10-25-26(11-13)5-6-33-2/h7-12,14H,3-6H2,1-2H3,(H,29,30). The fourth-order valence-corrected chi connectivity index (χ4v) is 6.36. The highest BCUT2D eigenvalue weighted by Crippen LogP contribution is 2.49. The van der Waals surface area contributed by atoms with Crippen LogP contribution in [-0.4, -0.2) is 47.6 Å². The molecule has 1 fully saturated rings. The predicted octanol–water partition coefficient (Wildman–Crippen LogP) is 3.56. The molecule has 1 aliphatic heterocycles. The number of hydrogen-bond acceptors (Lipinski definition) is 6. The number of pyridine rings is 1. The molecule has 11 heteroatoms. The van der Waals surface area contributed by atoms with Crippen molar-refractivity contribution in [3.05, 3.63) is 57.1 Å². The highest BCUT2D eigenvalue weighted by atomic mass is 35.5. The van der Waals surface area contributed by atoms with Gasteiger partial charge in [-0.2, -0.15) is 5.10 Å². The number of fused-ring (bicyclic) bond motifs is 3. The average Bonchev–Trinajstić information content (AvgIpc) is 3.52. The largest absolute Gasteiger partial charge is 0.477 e. The first-order valence-corrected chi connectivity index (χ1v) is 12.7. The van der Waals surface area contributed by atoms with E-state index in [2.05, 4.69) is 5.10 Å². The fraction of sp³-hybridized carbons (Fsp3) is 0.348. The molecule has 1 atom stereocenters. The smallest absolute Gasteiger partial charge is 0.341 e. The molecule has 0 bridgehead atoms. The van der Waals surface area contributed by atoms with Gasteiger partial charge in [-0.3, -0.25) is 9.48 Å². The van der Waals surface area contributed by atoms with Gasteiger partial charge in [-0.05, 0) is 43.5 Å². The summed E-state index contributed by atoms with van der Waals surface area (Å²) >= 11 is 6.64. The van der Waals surface area contributed by atoms with E-state index in [0.29, 0.717) is 46.1 Å². The molecular weight excluding hydrogens is 482 g/mol. The maximum atomic E-state index is 13.6. The van der Waals surface area contributed by atoms with Crippen LogP contribution in [-0.2, 0) is 21.1 Å². The zero-order chi connectivity index (χ0) is 24.4. The molecule has 34 heavy (non-hydrogen) atoms. The van der Waals surface area contributed by atoms with Crippen LogP contribution in [0.2, 0.25) is 5.02 Å². The molecule has 9 nitrogen and oxygen atoms in total. The number of aromatic nitrogens is 3. The van der Waals surface area contributed by atoms with Gasteiger partial charge in [0.1, 0.15) is 5.56 Å². The average molecular weight is 504 g/mol. The van der Waals surface area contributed by atoms with Crippen molar-refractivity contribution in [2.45, 2.75) is 42.5 Å².